The van der Waals surface area contributed by atoms with Crippen LogP contribution in [-0.4, -0.2) is 21.6 Å². The SMILES string of the molecule is Cc1cc(/C=N\NC(=O)c2cc3cc([N+](=O)[O-])ccc3s2)c(C)n1-c1ccc(OCc2ccccc2Cl)cc1. The number of amides is 1. The Hall–Kier alpha value is -4.47. The van der Waals surface area contributed by atoms with Crippen LogP contribution in [0.4, 0.5) is 5.69 Å². The first-order chi connectivity index (χ1) is 18.8. The fourth-order valence-electron chi connectivity index (χ4n) is 4.26. The molecule has 5 aromatic rings. The van der Waals surface area contributed by atoms with Crippen LogP contribution in [0.2, 0.25) is 5.02 Å². The normalized spacial score (nSPS) is 11.3. The molecule has 0 saturated heterocycles. The monoisotopic (exact) mass is 558 g/mol. The lowest BCUT2D eigenvalue weighted by Gasteiger charge is -2.12. The van der Waals surface area contributed by atoms with Crippen molar-refractivity contribution in [1.29, 1.82) is 0 Å². The molecule has 39 heavy (non-hydrogen) atoms. The van der Waals surface area contributed by atoms with Gasteiger partial charge in [-0.25, -0.2) is 5.43 Å². The summed E-state index contributed by atoms with van der Waals surface area (Å²) in [6, 6.07) is 23.5. The molecule has 0 spiro atoms. The van der Waals surface area contributed by atoms with Gasteiger partial charge in [-0.15, -0.1) is 11.3 Å². The van der Waals surface area contributed by atoms with Crippen molar-refractivity contribution >= 4 is 50.8 Å². The summed E-state index contributed by atoms with van der Waals surface area (Å²) in [5.41, 5.74) is 7.27. The second kappa shape index (κ2) is 11.1. The third kappa shape index (κ3) is 5.69. The van der Waals surface area contributed by atoms with E-state index in [2.05, 4.69) is 15.1 Å². The molecule has 0 fully saturated rings. The van der Waals surface area contributed by atoms with Gasteiger partial charge in [0.05, 0.1) is 16.0 Å². The van der Waals surface area contributed by atoms with Crippen molar-refractivity contribution in [2.75, 3.05) is 0 Å². The number of carbonyl (C=O) groups excluding carboxylic acids is 1. The van der Waals surface area contributed by atoms with Gasteiger partial charge < -0.3 is 9.30 Å². The second-order valence-corrected chi connectivity index (χ2v) is 10.3. The number of aryl methyl sites for hydroxylation is 1. The van der Waals surface area contributed by atoms with E-state index in [1.807, 2.05) is 68.4 Å². The number of nitro benzene ring substituents is 1. The fourth-order valence-corrected chi connectivity index (χ4v) is 5.38. The van der Waals surface area contributed by atoms with E-state index in [4.69, 9.17) is 16.3 Å². The number of fused-ring (bicyclic) bond motifs is 1. The third-order valence-electron chi connectivity index (χ3n) is 6.22. The van der Waals surface area contributed by atoms with E-state index in [1.54, 1.807) is 18.3 Å². The minimum absolute atomic E-state index is 0.0140. The average Bonchev–Trinajstić information content (AvgIpc) is 3.48. The molecule has 0 radical (unpaired) electrons. The van der Waals surface area contributed by atoms with Gasteiger partial charge in [-0.1, -0.05) is 29.8 Å². The maximum absolute atomic E-state index is 12.6. The lowest BCUT2D eigenvalue weighted by Crippen LogP contribution is -2.16. The van der Waals surface area contributed by atoms with E-state index >= 15 is 0 Å². The smallest absolute Gasteiger partial charge is 0.281 e. The summed E-state index contributed by atoms with van der Waals surface area (Å²) in [6.07, 6.45) is 1.61. The summed E-state index contributed by atoms with van der Waals surface area (Å²) in [7, 11) is 0. The Morgan fingerprint density at radius 1 is 1.10 bits per heavy atom. The van der Waals surface area contributed by atoms with Crippen molar-refractivity contribution in [3.63, 3.8) is 0 Å². The van der Waals surface area contributed by atoms with Crippen molar-refractivity contribution in [3.8, 4) is 11.4 Å². The number of nitrogens with one attached hydrogen (secondary N) is 1. The Kier molecular flexibility index (Phi) is 7.44. The summed E-state index contributed by atoms with van der Waals surface area (Å²) in [5.74, 6) is 0.359. The number of ether oxygens (including phenoxy) is 1. The largest absolute Gasteiger partial charge is 0.489 e. The van der Waals surface area contributed by atoms with E-state index in [0.29, 0.717) is 21.9 Å². The van der Waals surface area contributed by atoms with Gasteiger partial charge in [0.2, 0.25) is 0 Å². The molecule has 3 aromatic carbocycles. The Bertz CT molecular complexity index is 1720. The Labute approximate surface area is 233 Å². The quantitative estimate of drug-likeness (QED) is 0.123. The van der Waals surface area contributed by atoms with E-state index < -0.39 is 4.92 Å². The topological polar surface area (TPSA) is 98.8 Å². The molecule has 0 atom stereocenters. The van der Waals surface area contributed by atoms with Crippen molar-refractivity contribution in [2.45, 2.75) is 20.5 Å². The zero-order valence-corrected chi connectivity index (χ0v) is 22.6. The molecule has 1 N–H and O–H groups in total. The molecule has 10 heteroatoms. The van der Waals surface area contributed by atoms with Gasteiger partial charge in [0.1, 0.15) is 12.4 Å². The maximum atomic E-state index is 12.6. The van der Waals surface area contributed by atoms with Crippen LogP contribution in [0.1, 0.15) is 32.2 Å². The number of rotatable bonds is 8. The number of thiophene rings is 1. The van der Waals surface area contributed by atoms with Gasteiger partial charge in [-0.3, -0.25) is 14.9 Å². The highest BCUT2D eigenvalue weighted by atomic mass is 35.5. The number of carbonyl (C=O) groups is 1. The molecule has 0 bridgehead atoms. The zero-order valence-electron chi connectivity index (χ0n) is 21.1. The lowest BCUT2D eigenvalue weighted by atomic mass is 10.2. The minimum atomic E-state index is -0.456. The zero-order chi connectivity index (χ0) is 27.5. The average molecular weight is 559 g/mol. The van der Waals surface area contributed by atoms with Crippen LogP contribution >= 0.6 is 22.9 Å². The number of nitrogens with zero attached hydrogens (tertiary/aromatic N) is 3. The molecule has 196 valence electrons. The fraction of sp³-hybridized carbons (Fsp3) is 0.103. The van der Waals surface area contributed by atoms with Gasteiger partial charge in [0, 0.05) is 55.4 Å². The molecule has 2 aromatic heterocycles. The van der Waals surface area contributed by atoms with Gasteiger partial charge in [0.15, 0.2) is 0 Å². The van der Waals surface area contributed by atoms with Crippen LogP contribution in [0.25, 0.3) is 15.8 Å². The molecular formula is C29H23ClN4O4S. The van der Waals surface area contributed by atoms with Crippen LogP contribution in [0.3, 0.4) is 0 Å². The molecular weight excluding hydrogens is 536 g/mol. The summed E-state index contributed by atoms with van der Waals surface area (Å²) in [6.45, 7) is 4.37. The van der Waals surface area contributed by atoms with Crippen molar-refractivity contribution in [2.24, 2.45) is 5.10 Å². The Morgan fingerprint density at radius 2 is 1.87 bits per heavy atom. The van der Waals surface area contributed by atoms with Crippen LogP contribution in [-0.2, 0) is 6.61 Å². The van der Waals surface area contributed by atoms with Gasteiger partial charge >= 0.3 is 0 Å². The number of hydrogen-bond acceptors (Lipinski definition) is 6. The highest BCUT2D eigenvalue weighted by Crippen LogP contribution is 2.29. The standard InChI is InChI=1S/C29H23ClN4O4S/c1-18-13-22(16-31-32-29(35)28-15-21-14-24(34(36)37)9-12-27(21)39-28)19(2)33(18)23-7-10-25(11-8-23)38-17-20-5-3-4-6-26(20)30/h3-16H,17H2,1-2H3,(H,32,35)/b31-16-. The van der Waals surface area contributed by atoms with Gasteiger partial charge in [0.25, 0.3) is 11.6 Å². The Morgan fingerprint density at radius 3 is 2.62 bits per heavy atom. The molecule has 0 aliphatic rings. The van der Waals surface area contributed by atoms with E-state index in [1.165, 1.54) is 23.5 Å². The first-order valence-corrected chi connectivity index (χ1v) is 13.2. The molecule has 5 rings (SSSR count). The molecule has 0 aliphatic heterocycles. The predicted octanol–water partition coefficient (Wildman–Crippen LogP) is 7.21. The van der Waals surface area contributed by atoms with Crippen LogP contribution in [0.15, 0.2) is 84.0 Å². The second-order valence-electron chi connectivity index (χ2n) is 8.82. The van der Waals surface area contributed by atoms with Crippen molar-refractivity contribution in [3.05, 3.63) is 121 Å². The van der Waals surface area contributed by atoms with E-state index in [-0.39, 0.29) is 11.6 Å². The van der Waals surface area contributed by atoms with Crippen LogP contribution < -0.4 is 10.2 Å². The third-order valence-corrected chi connectivity index (χ3v) is 7.71. The summed E-state index contributed by atoms with van der Waals surface area (Å²) in [5, 5.41) is 16.5. The van der Waals surface area contributed by atoms with E-state index in [0.717, 1.165) is 38.7 Å². The highest BCUT2D eigenvalue weighted by molar-refractivity contribution is 7.20. The first-order valence-electron chi connectivity index (χ1n) is 12.0. The van der Waals surface area contributed by atoms with Crippen molar-refractivity contribution < 1.29 is 14.5 Å². The summed E-state index contributed by atoms with van der Waals surface area (Å²) in [4.78, 5) is 23.6. The molecule has 2 heterocycles. The summed E-state index contributed by atoms with van der Waals surface area (Å²) >= 11 is 7.47. The molecule has 0 aliphatic carbocycles. The van der Waals surface area contributed by atoms with Gasteiger partial charge in [-0.05, 0) is 62.4 Å². The van der Waals surface area contributed by atoms with Gasteiger partial charge in [-0.2, -0.15) is 5.10 Å². The summed E-state index contributed by atoms with van der Waals surface area (Å²) < 4.78 is 8.78. The van der Waals surface area contributed by atoms with Crippen LogP contribution in [0, 0.1) is 24.0 Å². The van der Waals surface area contributed by atoms with E-state index in [9.17, 15) is 14.9 Å². The number of benzene rings is 3. The molecule has 0 unspecified atom stereocenters. The number of hydrogen-bond donors (Lipinski definition) is 1. The number of halogens is 1. The number of hydrazone groups is 1. The predicted molar refractivity (Wildman–Crippen MR) is 155 cm³/mol. The molecule has 8 nitrogen and oxygen atoms in total. The maximum Gasteiger partial charge on any atom is 0.281 e. The van der Waals surface area contributed by atoms with Crippen LogP contribution in [0.5, 0.6) is 5.75 Å². The molecule has 0 saturated carbocycles. The molecule has 1 amide bonds. The number of nitro groups is 1. The Balaban J connectivity index is 1.25. The number of non-ortho nitro benzene ring substituents is 1. The highest BCUT2D eigenvalue weighted by Gasteiger charge is 2.14. The first kappa shape index (κ1) is 26.1. The van der Waals surface area contributed by atoms with Crippen molar-refractivity contribution in [1.82, 2.24) is 9.99 Å². The number of aromatic nitrogens is 1. The minimum Gasteiger partial charge on any atom is -0.489 e. The lowest BCUT2D eigenvalue weighted by molar-refractivity contribution is -0.384.